The molecule has 2 aromatic carbocycles. The van der Waals surface area contributed by atoms with Crippen LogP contribution in [0.3, 0.4) is 0 Å². The standard InChI is InChI=1S/C14H13Cl2NS/c1-8-3-4-13(9(2)5-8)18-14-7-11(16)10(15)6-12(14)17/h3-7H,17H2,1-2H3. The van der Waals surface area contributed by atoms with E-state index in [9.17, 15) is 0 Å². The molecule has 0 aliphatic heterocycles. The molecule has 1 nitrogen and oxygen atoms in total. The van der Waals surface area contributed by atoms with Crippen molar-refractivity contribution in [2.24, 2.45) is 0 Å². The lowest BCUT2D eigenvalue weighted by molar-refractivity contribution is 1.26. The molecule has 0 aliphatic carbocycles. The highest BCUT2D eigenvalue weighted by Crippen LogP contribution is 2.38. The SMILES string of the molecule is Cc1ccc(Sc2cc(Cl)c(Cl)cc2N)c(C)c1. The maximum absolute atomic E-state index is 6.02. The lowest BCUT2D eigenvalue weighted by Gasteiger charge is -2.10. The van der Waals surface area contributed by atoms with Crippen LogP contribution >= 0.6 is 35.0 Å². The van der Waals surface area contributed by atoms with Crippen molar-refractivity contribution in [1.82, 2.24) is 0 Å². The zero-order valence-electron chi connectivity index (χ0n) is 10.1. The molecule has 2 N–H and O–H groups in total. The molecule has 0 amide bonds. The van der Waals surface area contributed by atoms with Gasteiger partial charge in [0.25, 0.3) is 0 Å². The molecule has 0 aromatic heterocycles. The Morgan fingerprint density at radius 1 is 0.944 bits per heavy atom. The summed E-state index contributed by atoms with van der Waals surface area (Å²) in [5.74, 6) is 0. The molecular formula is C14H13Cl2NS. The summed E-state index contributed by atoms with van der Waals surface area (Å²) in [7, 11) is 0. The maximum Gasteiger partial charge on any atom is 0.0613 e. The van der Waals surface area contributed by atoms with Crippen molar-refractivity contribution in [3.63, 3.8) is 0 Å². The zero-order chi connectivity index (χ0) is 13.3. The topological polar surface area (TPSA) is 26.0 Å². The first-order valence-corrected chi connectivity index (χ1v) is 7.04. The fourth-order valence-electron chi connectivity index (χ4n) is 1.66. The number of anilines is 1. The van der Waals surface area contributed by atoms with Crippen LogP contribution in [0.5, 0.6) is 0 Å². The number of nitrogens with two attached hydrogens (primary N) is 1. The molecule has 18 heavy (non-hydrogen) atoms. The van der Waals surface area contributed by atoms with E-state index in [1.54, 1.807) is 17.8 Å². The number of hydrogen-bond acceptors (Lipinski definition) is 2. The smallest absolute Gasteiger partial charge is 0.0613 e. The molecule has 4 heteroatoms. The van der Waals surface area contributed by atoms with Crippen LogP contribution in [0.4, 0.5) is 5.69 Å². The van der Waals surface area contributed by atoms with Gasteiger partial charge in [-0.3, -0.25) is 0 Å². The second-order valence-corrected chi connectivity index (χ2v) is 6.07. The van der Waals surface area contributed by atoms with Crippen LogP contribution in [0, 0.1) is 13.8 Å². The summed E-state index contributed by atoms with van der Waals surface area (Å²) in [5, 5.41) is 1.01. The number of aryl methyl sites for hydroxylation is 2. The van der Waals surface area contributed by atoms with Gasteiger partial charge in [0.05, 0.1) is 10.0 Å². The molecule has 0 spiro atoms. The lowest BCUT2D eigenvalue weighted by atomic mass is 10.2. The van der Waals surface area contributed by atoms with Crippen LogP contribution in [-0.4, -0.2) is 0 Å². The van der Waals surface area contributed by atoms with Gasteiger partial charge >= 0.3 is 0 Å². The molecule has 0 saturated carbocycles. The van der Waals surface area contributed by atoms with Crippen molar-refractivity contribution >= 4 is 40.7 Å². The second kappa shape index (κ2) is 5.43. The predicted molar refractivity (Wildman–Crippen MR) is 80.9 cm³/mol. The Morgan fingerprint density at radius 3 is 2.28 bits per heavy atom. The largest absolute Gasteiger partial charge is 0.398 e. The number of nitrogen functional groups attached to an aromatic ring is 1. The Kier molecular flexibility index (Phi) is 4.10. The molecule has 0 unspecified atom stereocenters. The zero-order valence-corrected chi connectivity index (χ0v) is 12.5. The van der Waals surface area contributed by atoms with Crippen LogP contribution in [0.25, 0.3) is 0 Å². The van der Waals surface area contributed by atoms with E-state index in [0.29, 0.717) is 15.7 Å². The van der Waals surface area contributed by atoms with Gasteiger partial charge in [-0.15, -0.1) is 0 Å². The van der Waals surface area contributed by atoms with Crippen LogP contribution < -0.4 is 5.73 Å². The highest BCUT2D eigenvalue weighted by atomic mass is 35.5. The minimum atomic E-state index is 0.485. The van der Waals surface area contributed by atoms with Crippen LogP contribution in [0.1, 0.15) is 11.1 Å². The summed E-state index contributed by atoms with van der Waals surface area (Å²) in [6.45, 7) is 4.16. The molecule has 2 rings (SSSR count). The third kappa shape index (κ3) is 2.94. The van der Waals surface area contributed by atoms with E-state index < -0.39 is 0 Å². The van der Waals surface area contributed by atoms with Crippen molar-refractivity contribution in [1.29, 1.82) is 0 Å². The van der Waals surface area contributed by atoms with E-state index in [-0.39, 0.29) is 0 Å². The van der Waals surface area contributed by atoms with E-state index >= 15 is 0 Å². The van der Waals surface area contributed by atoms with Gasteiger partial charge in [0.1, 0.15) is 0 Å². The van der Waals surface area contributed by atoms with E-state index in [1.165, 1.54) is 16.0 Å². The van der Waals surface area contributed by atoms with E-state index in [4.69, 9.17) is 28.9 Å². The fourth-order valence-corrected chi connectivity index (χ4v) is 3.01. The monoisotopic (exact) mass is 297 g/mol. The van der Waals surface area contributed by atoms with Gasteiger partial charge in [0, 0.05) is 15.5 Å². The lowest BCUT2D eigenvalue weighted by Crippen LogP contribution is -1.90. The Morgan fingerprint density at radius 2 is 1.61 bits per heavy atom. The highest BCUT2D eigenvalue weighted by Gasteiger charge is 2.08. The maximum atomic E-state index is 6.02. The molecule has 0 saturated heterocycles. The average Bonchev–Trinajstić information content (AvgIpc) is 2.29. The summed E-state index contributed by atoms with van der Waals surface area (Å²) < 4.78 is 0. The van der Waals surface area contributed by atoms with Crippen molar-refractivity contribution < 1.29 is 0 Å². The first-order chi connectivity index (χ1) is 8.47. The van der Waals surface area contributed by atoms with Crippen molar-refractivity contribution in [2.75, 3.05) is 5.73 Å². The Bertz CT molecular complexity index is 597. The third-order valence-corrected chi connectivity index (χ3v) is 4.58. The van der Waals surface area contributed by atoms with Crippen LogP contribution in [0.15, 0.2) is 40.1 Å². The molecule has 0 aliphatic rings. The highest BCUT2D eigenvalue weighted by molar-refractivity contribution is 7.99. The van der Waals surface area contributed by atoms with Gasteiger partial charge in [-0.2, -0.15) is 0 Å². The van der Waals surface area contributed by atoms with Gasteiger partial charge in [0.15, 0.2) is 0 Å². The number of halogens is 2. The van der Waals surface area contributed by atoms with E-state index in [0.717, 1.165) is 4.90 Å². The van der Waals surface area contributed by atoms with Crippen LogP contribution in [0.2, 0.25) is 10.0 Å². The third-order valence-electron chi connectivity index (χ3n) is 2.60. The first kappa shape index (κ1) is 13.6. The first-order valence-electron chi connectivity index (χ1n) is 5.47. The van der Waals surface area contributed by atoms with Crippen molar-refractivity contribution in [3.05, 3.63) is 51.5 Å². The normalized spacial score (nSPS) is 10.7. The van der Waals surface area contributed by atoms with Crippen LogP contribution in [-0.2, 0) is 0 Å². The molecule has 0 fully saturated rings. The van der Waals surface area contributed by atoms with Crippen molar-refractivity contribution in [2.45, 2.75) is 23.6 Å². The molecule has 0 radical (unpaired) electrons. The van der Waals surface area contributed by atoms with Gasteiger partial charge in [-0.1, -0.05) is 52.7 Å². The number of benzene rings is 2. The summed E-state index contributed by atoms with van der Waals surface area (Å²) in [5.41, 5.74) is 9.08. The molecule has 0 heterocycles. The minimum Gasteiger partial charge on any atom is -0.398 e. The minimum absolute atomic E-state index is 0.485. The number of rotatable bonds is 2. The van der Waals surface area contributed by atoms with Crippen molar-refractivity contribution in [3.8, 4) is 0 Å². The van der Waals surface area contributed by atoms with Gasteiger partial charge in [0.2, 0.25) is 0 Å². The quantitative estimate of drug-likeness (QED) is 0.757. The second-order valence-electron chi connectivity index (χ2n) is 4.18. The van der Waals surface area contributed by atoms with Gasteiger partial charge in [-0.25, -0.2) is 0 Å². The molecule has 0 bridgehead atoms. The summed E-state index contributed by atoms with van der Waals surface area (Å²) in [6, 6.07) is 9.83. The molecular weight excluding hydrogens is 285 g/mol. The Balaban J connectivity index is 2.37. The Hall–Kier alpha value is -0.830. The molecule has 0 atom stereocenters. The fraction of sp³-hybridized carbons (Fsp3) is 0.143. The Labute approximate surface area is 121 Å². The van der Waals surface area contributed by atoms with E-state index in [2.05, 4.69) is 32.0 Å². The van der Waals surface area contributed by atoms with E-state index in [1.807, 2.05) is 6.07 Å². The average molecular weight is 298 g/mol. The summed E-state index contributed by atoms with van der Waals surface area (Å²) in [6.07, 6.45) is 0. The summed E-state index contributed by atoms with van der Waals surface area (Å²) >= 11 is 13.5. The molecule has 2 aromatic rings. The summed E-state index contributed by atoms with van der Waals surface area (Å²) in [4.78, 5) is 2.10. The molecule has 94 valence electrons. The van der Waals surface area contributed by atoms with Gasteiger partial charge in [-0.05, 0) is 37.6 Å². The predicted octanol–water partition coefficient (Wildman–Crippen LogP) is 5.34. The number of hydrogen-bond donors (Lipinski definition) is 1. The van der Waals surface area contributed by atoms with Gasteiger partial charge < -0.3 is 5.73 Å².